The third-order valence-electron chi connectivity index (χ3n) is 1.66. The first-order valence-electron chi connectivity index (χ1n) is 4.73. The van der Waals surface area contributed by atoms with Gasteiger partial charge in [-0.2, -0.15) is 0 Å². The van der Waals surface area contributed by atoms with Crippen molar-refractivity contribution in [3.63, 3.8) is 0 Å². The Balaban J connectivity index is 3.49. The average Bonchev–Trinajstić information content (AvgIpc) is 1.81. The second kappa shape index (κ2) is 5.22. The number of likely N-dealkylation sites (N-methyl/N-ethyl adjacent to an activating group) is 1. The van der Waals surface area contributed by atoms with Crippen LogP contribution in [0.2, 0.25) is 0 Å². The number of carbonyl (C=O) groups is 1. The van der Waals surface area contributed by atoms with E-state index in [-0.39, 0.29) is 5.91 Å². The lowest BCUT2D eigenvalue weighted by molar-refractivity contribution is -0.121. The van der Waals surface area contributed by atoms with Crippen LogP contribution in [0.4, 0.5) is 0 Å². The first-order valence-corrected chi connectivity index (χ1v) is 4.73. The maximum atomic E-state index is 11.2. The summed E-state index contributed by atoms with van der Waals surface area (Å²) in [5.74, 6) is 0.106. The van der Waals surface area contributed by atoms with E-state index in [0.29, 0.717) is 12.0 Å². The zero-order chi connectivity index (χ0) is 10.5. The molecule has 3 nitrogen and oxygen atoms in total. The topological polar surface area (TPSA) is 32.3 Å². The van der Waals surface area contributed by atoms with Gasteiger partial charge in [-0.25, -0.2) is 0 Å². The maximum absolute atomic E-state index is 11.2. The second-order valence-corrected chi connectivity index (χ2v) is 4.90. The van der Waals surface area contributed by atoms with E-state index in [9.17, 15) is 4.79 Å². The van der Waals surface area contributed by atoms with E-state index >= 15 is 0 Å². The summed E-state index contributed by atoms with van der Waals surface area (Å²) in [6.45, 7) is 7.77. The molecule has 0 spiro atoms. The molecule has 78 valence electrons. The normalized spacial score (nSPS) is 11.8. The summed E-state index contributed by atoms with van der Waals surface area (Å²) >= 11 is 0. The minimum Gasteiger partial charge on any atom is -0.355 e. The molecule has 0 unspecified atom stereocenters. The third-order valence-corrected chi connectivity index (χ3v) is 1.66. The van der Waals surface area contributed by atoms with Gasteiger partial charge in [0, 0.05) is 6.54 Å². The first-order chi connectivity index (χ1) is 5.81. The molecule has 0 heterocycles. The highest BCUT2D eigenvalue weighted by Gasteiger charge is 2.10. The minimum absolute atomic E-state index is 0.106. The van der Waals surface area contributed by atoms with Crippen molar-refractivity contribution in [3.8, 4) is 0 Å². The third kappa shape index (κ3) is 9.34. The summed E-state index contributed by atoms with van der Waals surface area (Å²) in [7, 11) is 3.78. The van der Waals surface area contributed by atoms with Crippen LogP contribution in [0.25, 0.3) is 0 Å². The molecule has 0 bridgehead atoms. The van der Waals surface area contributed by atoms with Gasteiger partial charge >= 0.3 is 0 Å². The molecular formula is C10H22N2O. The van der Waals surface area contributed by atoms with Crippen LogP contribution >= 0.6 is 0 Å². The fourth-order valence-corrected chi connectivity index (χ4v) is 0.920. The molecule has 0 rings (SSSR count). The van der Waals surface area contributed by atoms with Crippen molar-refractivity contribution in [2.75, 3.05) is 27.2 Å². The Bertz CT molecular complexity index is 159. The molecule has 0 saturated carbocycles. The molecule has 13 heavy (non-hydrogen) atoms. The molecule has 0 aliphatic rings. The number of hydrogen-bond acceptors (Lipinski definition) is 2. The van der Waals surface area contributed by atoms with Gasteiger partial charge in [0.05, 0.1) is 6.54 Å². The lowest BCUT2D eigenvalue weighted by atomic mass is 9.92. The molecule has 0 aliphatic carbocycles. The van der Waals surface area contributed by atoms with Gasteiger partial charge < -0.3 is 10.2 Å². The van der Waals surface area contributed by atoms with E-state index in [4.69, 9.17) is 0 Å². The zero-order valence-corrected chi connectivity index (χ0v) is 9.48. The average molecular weight is 186 g/mol. The Morgan fingerprint density at radius 1 is 1.31 bits per heavy atom. The van der Waals surface area contributed by atoms with Crippen molar-refractivity contribution in [3.05, 3.63) is 0 Å². The zero-order valence-electron chi connectivity index (χ0n) is 9.48. The Hall–Kier alpha value is -0.570. The van der Waals surface area contributed by atoms with Gasteiger partial charge in [0.25, 0.3) is 0 Å². The summed E-state index contributed by atoms with van der Waals surface area (Å²) < 4.78 is 0. The molecule has 0 aromatic carbocycles. The number of carbonyl (C=O) groups excluding carboxylic acids is 1. The Kier molecular flexibility index (Phi) is 4.99. The van der Waals surface area contributed by atoms with Gasteiger partial charge in [-0.1, -0.05) is 20.8 Å². The van der Waals surface area contributed by atoms with E-state index in [2.05, 4.69) is 26.1 Å². The van der Waals surface area contributed by atoms with Crippen molar-refractivity contribution in [1.82, 2.24) is 10.2 Å². The molecule has 0 aliphatic heterocycles. The van der Waals surface area contributed by atoms with Crippen LogP contribution in [0.3, 0.4) is 0 Å². The molecule has 0 aromatic heterocycles. The van der Waals surface area contributed by atoms with Crippen LogP contribution in [-0.2, 0) is 4.79 Å². The second-order valence-electron chi connectivity index (χ2n) is 4.90. The molecule has 0 fully saturated rings. The SMILES string of the molecule is CN(C)CC(=O)NCCC(C)(C)C. The predicted molar refractivity (Wildman–Crippen MR) is 55.6 cm³/mol. The summed E-state index contributed by atoms with van der Waals surface area (Å²) in [6, 6.07) is 0. The van der Waals surface area contributed by atoms with Crippen molar-refractivity contribution >= 4 is 5.91 Å². The molecule has 0 saturated heterocycles. The molecule has 3 heteroatoms. The van der Waals surface area contributed by atoms with Crippen molar-refractivity contribution in [2.24, 2.45) is 5.41 Å². The maximum Gasteiger partial charge on any atom is 0.234 e. The molecule has 0 aromatic rings. The highest BCUT2D eigenvalue weighted by atomic mass is 16.1. The largest absolute Gasteiger partial charge is 0.355 e. The van der Waals surface area contributed by atoms with Crippen molar-refractivity contribution in [2.45, 2.75) is 27.2 Å². The summed E-state index contributed by atoms with van der Waals surface area (Å²) in [4.78, 5) is 13.1. The number of amides is 1. The van der Waals surface area contributed by atoms with Gasteiger partial charge in [-0.3, -0.25) is 4.79 Å². The van der Waals surface area contributed by atoms with E-state index in [1.165, 1.54) is 0 Å². The lowest BCUT2D eigenvalue weighted by Crippen LogP contribution is -2.34. The van der Waals surface area contributed by atoms with E-state index in [1.54, 1.807) is 0 Å². The van der Waals surface area contributed by atoms with Crippen LogP contribution in [0.5, 0.6) is 0 Å². The van der Waals surface area contributed by atoms with E-state index < -0.39 is 0 Å². The monoisotopic (exact) mass is 186 g/mol. The number of rotatable bonds is 4. The fourth-order valence-electron chi connectivity index (χ4n) is 0.920. The minimum atomic E-state index is 0.106. The number of hydrogen-bond donors (Lipinski definition) is 1. The molecule has 0 atom stereocenters. The first kappa shape index (κ1) is 12.4. The molecule has 1 N–H and O–H groups in total. The summed E-state index contributed by atoms with van der Waals surface area (Å²) in [5.41, 5.74) is 0.297. The summed E-state index contributed by atoms with van der Waals surface area (Å²) in [5, 5.41) is 2.89. The van der Waals surface area contributed by atoms with Crippen LogP contribution in [0.1, 0.15) is 27.2 Å². The van der Waals surface area contributed by atoms with Gasteiger partial charge in [0.15, 0.2) is 0 Å². The Labute approximate surface area is 81.5 Å². The quantitative estimate of drug-likeness (QED) is 0.713. The van der Waals surface area contributed by atoms with Gasteiger partial charge in [-0.05, 0) is 25.9 Å². The van der Waals surface area contributed by atoms with E-state index in [1.807, 2.05) is 19.0 Å². The highest BCUT2D eigenvalue weighted by Crippen LogP contribution is 2.16. The smallest absolute Gasteiger partial charge is 0.234 e. The van der Waals surface area contributed by atoms with Crippen molar-refractivity contribution < 1.29 is 4.79 Å². The lowest BCUT2D eigenvalue weighted by Gasteiger charge is -2.18. The predicted octanol–water partition coefficient (Wildman–Crippen LogP) is 1.10. The van der Waals surface area contributed by atoms with Crippen LogP contribution in [-0.4, -0.2) is 38.0 Å². The molecular weight excluding hydrogens is 164 g/mol. The Morgan fingerprint density at radius 2 is 1.85 bits per heavy atom. The van der Waals surface area contributed by atoms with Crippen LogP contribution in [0, 0.1) is 5.41 Å². The number of nitrogens with zero attached hydrogens (tertiary/aromatic N) is 1. The fraction of sp³-hybridized carbons (Fsp3) is 0.900. The van der Waals surface area contributed by atoms with Crippen LogP contribution < -0.4 is 5.32 Å². The molecule has 1 amide bonds. The Morgan fingerprint density at radius 3 is 2.23 bits per heavy atom. The van der Waals surface area contributed by atoms with Gasteiger partial charge in [0.2, 0.25) is 5.91 Å². The molecule has 0 radical (unpaired) electrons. The number of nitrogens with one attached hydrogen (secondary N) is 1. The van der Waals surface area contributed by atoms with E-state index in [0.717, 1.165) is 13.0 Å². The van der Waals surface area contributed by atoms with Gasteiger partial charge in [-0.15, -0.1) is 0 Å². The van der Waals surface area contributed by atoms with Gasteiger partial charge in [0.1, 0.15) is 0 Å². The van der Waals surface area contributed by atoms with Crippen LogP contribution in [0.15, 0.2) is 0 Å². The highest BCUT2D eigenvalue weighted by molar-refractivity contribution is 5.77. The van der Waals surface area contributed by atoms with Crippen molar-refractivity contribution in [1.29, 1.82) is 0 Å². The standard InChI is InChI=1S/C10H22N2O/c1-10(2,3)6-7-11-9(13)8-12(4)5/h6-8H2,1-5H3,(H,11,13). The summed E-state index contributed by atoms with van der Waals surface area (Å²) in [6.07, 6.45) is 1.02.